The molecule has 0 saturated carbocycles. The number of likely N-dealkylation sites (tertiary alicyclic amines) is 1. The van der Waals surface area contributed by atoms with Crippen molar-refractivity contribution in [1.29, 1.82) is 0 Å². The predicted molar refractivity (Wildman–Crippen MR) is 103 cm³/mol. The normalized spacial score (nSPS) is 22.1. The summed E-state index contributed by atoms with van der Waals surface area (Å²) in [5.74, 6) is 0.724. The molecule has 0 bridgehead atoms. The molecule has 1 unspecified atom stereocenters. The molecule has 3 rings (SSSR count). The van der Waals surface area contributed by atoms with Gasteiger partial charge in [-0.2, -0.15) is 0 Å². The Morgan fingerprint density at radius 1 is 1.28 bits per heavy atom. The lowest BCUT2D eigenvalue weighted by Gasteiger charge is -2.43. The molecule has 0 aliphatic carbocycles. The third-order valence-corrected chi connectivity index (χ3v) is 6.05. The number of piperidine rings is 1. The van der Waals surface area contributed by atoms with Gasteiger partial charge in [0.2, 0.25) is 5.91 Å². The molecule has 25 heavy (non-hydrogen) atoms. The summed E-state index contributed by atoms with van der Waals surface area (Å²) < 4.78 is 5.54. The van der Waals surface area contributed by atoms with E-state index in [1.807, 2.05) is 29.2 Å². The zero-order chi connectivity index (χ0) is 17.2. The van der Waals surface area contributed by atoms with Gasteiger partial charge in [-0.25, -0.2) is 0 Å². The van der Waals surface area contributed by atoms with E-state index in [1.165, 1.54) is 0 Å². The molecule has 2 N–H and O–H groups in total. The summed E-state index contributed by atoms with van der Waals surface area (Å²) in [5, 5.41) is 0.679. The minimum Gasteiger partial charge on any atom is -0.381 e. The van der Waals surface area contributed by atoms with Crippen LogP contribution in [0.4, 0.5) is 0 Å². The van der Waals surface area contributed by atoms with Gasteiger partial charge in [-0.05, 0) is 50.2 Å². The van der Waals surface area contributed by atoms with Crippen molar-refractivity contribution in [3.05, 3.63) is 34.9 Å². The van der Waals surface area contributed by atoms with Crippen LogP contribution in [-0.4, -0.2) is 43.2 Å². The van der Waals surface area contributed by atoms with Crippen molar-refractivity contribution >= 4 is 29.9 Å². The Balaban J connectivity index is 0.00000225. The number of benzene rings is 1. The Hall–Kier alpha value is -0.810. The lowest BCUT2D eigenvalue weighted by atomic mass is 9.72. The number of hydrogen-bond donors (Lipinski definition) is 1. The molecular weight excluding hydrogens is 359 g/mol. The fourth-order valence-electron chi connectivity index (χ4n) is 4.10. The van der Waals surface area contributed by atoms with Gasteiger partial charge in [0.05, 0.1) is 5.41 Å². The molecule has 0 radical (unpaired) electrons. The highest BCUT2D eigenvalue weighted by Gasteiger charge is 2.45. The zero-order valence-corrected chi connectivity index (χ0v) is 16.3. The van der Waals surface area contributed by atoms with E-state index in [0.717, 1.165) is 31.5 Å². The molecule has 4 nitrogen and oxygen atoms in total. The molecule has 0 aromatic heterocycles. The Morgan fingerprint density at radius 3 is 2.44 bits per heavy atom. The third-order valence-electron chi connectivity index (χ3n) is 5.72. The van der Waals surface area contributed by atoms with Crippen molar-refractivity contribution in [2.24, 2.45) is 11.7 Å². The van der Waals surface area contributed by atoms with Gasteiger partial charge in [0.1, 0.15) is 0 Å². The van der Waals surface area contributed by atoms with Crippen molar-refractivity contribution in [3.8, 4) is 0 Å². The van der Waals surface area contributed by atoms with Crippen molar-refractivity contribution < 1.29 is 9.53 Å². The molecule has 2 aliphatic rings. The molecule has 2 aliphatic heterocycles. The maximum Gasteiger partial charge on any atom is 0.233 e. The number of ether oxygens (including phenoxy) is 1. The number of nitrogens with two attached hydrogens (primary N) is 1. The molecule has 1 amide bonds. The minimum atomic E-state index is -0.544. The predicted octanol–water partition coefficient (Wildman–Crippen LogP) is 3.40. The number of amides is 1. The molecule has 1 aromatic rings. The molecule has 0 spiro atoms. The van der Waals surface area contributed by atoms with Gasteiger partial charge < -0.3 is 15.4 Å². The molecule has 2 heterocycles. The molecule has 2 fully saturated rings. The SMILES string of the molecule is CC(N)C1CCN(C(=O)C2(c3ccccc3Cl)CCOCC2)CC1.Cl. The van der Waals surface area contributed by atoms with Gasteiger partial charge in [0.15, 0.2) is 0 Å². The fourth-order valence-corrected chi connectivity index (χ4v) is 4.42. The number of rotatable bonds is 3. The molecular formula is C19H28Cl2N2O2. The van der Waals surface area contributed by atoms with E-state index in [4.69, 9.17) is 22.1 Å². The number of hydrogen-bond acceptors (Lipinski definition) is 3. The van der Waals surface area contributed by atoms with Crippen LogP contribution in [0, 0.1) is 5.92 Å². The number of carbonyl (C=O) groups excluding carboxylic acids is 1. The summed E-state index contributed by atoms with van der Waals surface area (Å²) in [5.41, 5.74) is 6.44. The van der Waals surface area contributed by atoms with Crippen molar-refractivity contribution in [2.45, 2.75) is 44.1 Å². The lowest BCUT2D eigenvalue weighted by molar-refractivity contribution is -0.142. The first-order chi connectivity index (χ1) is 11.5. The second-order valence-electron chi connectivity index (χ2n) is 7.16. The van der Waals surface area contributed by atoms with Crippen LogP contribution in [-0.2, 0) is 14.9 Å². The van der Waals surface area contributed by atoms with E-state index in [1.54, 1.807) is 0 Å². The first-order valence-corrected chi connectivity index (χ1v) is 9.30. The van der Waals surface area contributed by atoms with Crippen LogP contribution < -0.4 is 5.73 Å². The van der Waals surface area contributed by atoms with Crippen LogP contribution in [0.5, 0.6) is 0 Å². The van der Waals surface area contributed by atoms with Crippen molar-refractivity contribution in [2.75, 3.05) is 26.3 Å². The van der Waals surface area contributed by atoms with E-state index in [0.29, 0.717) is 37.0 Å². The average molecular weight is 387 g/mol. The van der Waals surface area contributed by atoms with Crippen molar-refractivity contribution in [3.63, 3.8) is 0 Å². The molecule has 2 saturated heterocycles. The maximum absolute atomic E-state index is 13.5. The standard InChI is InChI=1S/C19H27ClN2O2.ClH/c1-14(21)15-6-10-22(11-7-15)18(23)19(8-12-24-13-9-19)16-4-2-3-5-17(16)20;/h2-5,14-15H,6-13,21H2,1H3;1H. The smallest absolute Gasteiger partial charge is 0.233 e. The topological polar surface area (TPSA) is 55.6 Å². The molecule has 6 heteroatoms. The summed E-state index contributed by atoms with van der Waals surface area (Å²) in [7, 11) is 0. The van der Waals surface area contributed by atoms with Gasteiger partial charge in [0.25, 0.3) is 0 Å². The molecule has 1 aromatic carbocycles. The van der Waals surface area contributed by atoms with Gasteiger partial charge in [-0.1, -0.05) is 29.8 Å². The minimum absolute atomic E-state index is 0. The number of carbonyl (C=O) groups is 1. The summed E-state index contributed by atoms with van der Waals surface area (Å²) in [6, 6.07) is 7.96. The summed E-state index contributed by atoms with van der Waals surface area (Å²) >= 11 is 6.47. The lowest BCUT2D eigenvalue weighted by Crippen LogP contribution is -2.53. The molecule has 140 valence electrons. The average Bonchev–Trinajstić information content (AvgIpc) is 2.62. The number of nitrogens with zero attached hydrogens (tertiary/aromatic N) is 1. The first-order valence-electron chi connectivity index (χ1n) is 8.92. The van der Waals surface area contributed by atoms with Gasteiger partial charge in [-0.15, -0.1) is 12.4 Å². The van der Waals surface area contributed by atoms with E-state index >= 15 is 0 Å². The highest BCUT2D eigenvalue weighted by molar-refractivity contribution is 6.31. The number of halogens is 2. The van der Waals surface area contributed by atoms with Crippen LogP contribution in [0.15, 0.2) is 24.3 Å². The Morgan fingerprint density at radius 2 is 1.88 bits per heavy atom. The van der Waals surface area contributed by atoms with Crippen LogP contribution in [0.1, 0.15) is 38.2 Å². The van der Waals surface area contributed by atoms with Gasteiger partial charge >= 0.3 is 0 Å². The van der Waals surface area contributed by atoms with E-state index in [2.05, 4.69) is 6.92 Å². The van der Waals surface area contributed by atoms with Gasteiger partial charge in [-0.3, -0.25) is 4.79 Å². The first kappa shape index (κ1) is 20.5. The second-order valence-corrected chi connectivity index (χ2v) is 7.57. The summed E-state index contributed by atoms with van der Waals surface area (Å²) in [4.78, 5) is 15.5. The highest BCUT2D eigenvalue weighted by atomic mass is 35.5. The van der Waals surface area contributed by atoms with E-state index in [-0.39, 0.29) is 24.4 Å². The highest BCUT2D eigenvalue weighted by Crippen LogP contribution is 2.41. The summed E-state index contributed by atoms with van der Waals surface area (Å²) in [6.07, 6.45) is 3.36. The zero-order valence-electron chi connectivity index (χ0n) is 14.7. The second kappa shape index (κ2) is 8.72. The molecule has 1 atom stereocenters. The maximum atomic E-state index is 13.5. The fraction of sp³-hybridized carbons (Fsp3) is 0.632. The Labute approximate surface area is 161 Å². The van der Waals surface area contributed by atoms with E-state index in [9.17, 15) is 4.79 Å². The van der Waals surface area contributed by atoms with E-state index < -0.39 is 5.41 Å². The van der Waals surface area contributed by atoms with Crippen LogP contribution in [0.25, 0.3) is 0 Å². The van der Waals surface area contributed by atoms with Gasteiger partial charge in [0, 0.05) is 37.4 Å². The van der Waals surface area contributed by atoms with Crippen LogP contribution >= 0.6 is 24.0 Å². The quantitative estimate of drug-likeness (QED) is 0.865. The van der Waals surface area contributed by atoms with Crippen LogP contribution in [0.2, 0.25) is 5.02 Å². The van der Waals surface area contributed by atoms with Crippen LogP contribution in [0.3, 0.4) is 0 Å². The Bertz CT molecular complexity index is 581. The largest absolute Gasteiger partial charge is 0.381 e. The third kappa shape index (κ3) is 4.13. The Kier molecular flexibility index (Phi) is 7.15. The van der Waals surface area contributed by atoms with Crippen molar-refractivity contribution in [1.82, 2.24) is 4.90 Å². The monoisotopic (exact) mass is 386 g/mol. The summed E-state index contributed by atoms with van der Waals surface area (Å²) in [6.45, 7) is 4.85.